The first-order valence-electron chi connectivity index (χ1n) is 6.47. The number of pyridine rings is 1. The van der Waals surface area contributed by atoms with E-state index in [0.29, 0.717) is 17.9 Å². The Hall–Kier alpha value is -2.41. The molecule has 0 bridgehead atoms. The number of methoxy groups -OCH3 is 1. The van der Waals surface area contributed by atoms with Crippen molar-refractivity contribution in [2.24, 2.45) is 0 Å². The van der Waals surface area contributed by atoms with E-state index >= 15 is 0 Å². The number of hydrogen-bond donors (Lipinski definition) is 2. The summed E-state index contributed by atoms with van der Waals surface area (Å²) in [5.41, 5.74) is 1.61. The maximum absolute atomic E-state index is 12.2. The van der Waals surface area contributed by atoms with E-state index < -0.39 is 12.0 Å². The number of aromatic nitrogens is 1. The van der Waals surface area contributed by atoms with E-state index in [4.69, 9.17) is 9.47 Å². The summed E-state index contributed by atoms with van der Waals surface area (Å²) in [4.78, 5) is 27.8. The number of hydrogen-bond acceptors (Lipinski definition) is 5. The minimum absolute atomic E-state index is 0.156. The summed E-state index contributed by atoms with van der Waals surface area (Å²) >= 11 is 0. The Labute approximate surface area is 122 Å². The van der Waals surface area contributed by atoms with Gasteiger partial charge in [-0.1, -0.05) is 0 Å². The highest BCUT2D eigenvalue weighted by molar-refractivity contribution is 5.94. The maximum Gasteiger partial charge on any atom is 0.338 e. The van der Waals surface area contributed by atoms with Gasteiger partial charge in [-0.3, -0.25) is 4.98 Å². The van der Waals surface area contributed by atoms with Gasteiger partial charge in [-0.2, -0.15) is 0 Å². The lowest BCUT2D eigenvalue weighted by atomic mass is 9.96. The van der Waals surface area contributed by atoms with Gasteiger partial charge in [-0.25, -0.2) is 9.59 Å². The van der Waals surface area contributed by atoms with Crippen LogP contribution in [0.2, 0.25) is 0 Å². The van der Waals surface area contributed by atoms with Crippen molar-refractivity contribution in [3.05, 3.63) is 41.4 Å². The molecule has 1 aliphatic rings. The van der Waals surface area contributed by atoms with Gasteiger partial charge in [0.05, 0.1) is 18.2 Å². The van der Waals surface area contributed by atoms with Gasteiger partial charge in [0.25, 0.3) is 0 Å². The SMILES string of the molecule is COCCOC(=O)C1=C(C)NC(=O)N[C@H]1c1ccncc1. The first-order valence-corrected chi connectivity index (χ1v) is 6.47. The van der Waals surface area contributed by atoms with Crippen LogP contribution in [-0.4, -0.2) is 37.3 Å². The summed E-state index contributed by atoms with van der Waals surface area (Å²) < 4.78 is 10.00. The molecule has 2 heterocycles. The van der Waals surface area contributed by atoms with Crippen molar-refractivity contribution in [3.63, 3.8) is 0 Å². The number of nitrogens with zero attached hydrogens (tertiary/aromatic N) is 1. The second kappa shape index (κ2) is 6.85. The third-order valence-electron chi connectivity index (χ3n) is 3.05. The van der Waals surface area contributed by atoms with Gasteiger partial charge in [0, 0.05) is 25.2 Å². The summed E-state index contributed by atoms with van der Waals surface area (Å²) in [5, 5.41) is 5.30. The molecule has 0 spiro atoms. The summed E-state index contributed by atoms with van der Waals surface area (Å²) in [5.74, 6) is -0.487. The summed E-state index contributed by atoms with van der Waals surface area (Å²) in [7, 11) is 1.53. The molecule has 0 unspecified atom stereocenters. The largest absolute Gasteiger partial charge is 0.460 e. The molecule has 1 aliphatic heterocycles. The molecule has 0 radical (unpaired) electrons. The highest BCUT2D eigenvalue weighted by atomic mass is 16.6. The van der Waals surface area contributed by atoms with Crippen LogP contribution in [0.25, 0.3) is 0 Å². The van der Waals surface area contributed by atoms with Crippen LogP contribution in [0.4, 0.5) is 4.79 Å². The van der Waals surface area contributed by atoms with Gasteiger partial charge in [-0.05, 0) is 24.6 Å². The number of esters is 1. The summed E-state index contributed by atoms with van der Waals surface area (Å²) in [6.07, 6.45) is 3.21. The van der Waals surface area contributed by atoms with Gasteiger partial charge in [-0.15, -0.1) is 0 Å². The highest BCUT2D eigenvalue weighted by Gasteiger charge is 2.32. The van der Waals surface area contributed by atoms with Gasteiger partial charge in [0.15, 0.2) is 0 Å². The van der Waals surface area contributed by atoms with Crippen LogP contribution < -0.4 is 10.6 Å². The van der Waals surface area contributed by atoms with Crippen LogP contribution >= 0.6 is 0 Å². The number of ether oxygens (including phenoxy) is 2. The van der Waals surface area contributed by atoms with Crippen molar-refractivity contribution in [2.45, 2.75) is 13.0 Å². The Morgan fingerprint density at radius 1 is 1.33 bits per heavy atom. The molecule has 0 saturated heterocycles. The quantitative estimate of drug-likeness (QED) is 0.621. The molecule has 0 aromatic carbocycles. The average molecular weight is 291 g/mol. The molecule has 7 nitrogen and oxygen atoms in total. The number of carbonyl (C=O) groups excluding carboxylic acids is 2. The Morgan fingerprint density at radius 2 is 2.05 bits per heavy atom. The van der Waals surface area contributed by atoms with Crippen molar-refractivity contribution in [1.29, 1.82) is 0 Å². The smallest absolute Gasteiger partial charge is 0.338 e. The van der Waals surface area contributed by atoms with Crippen LogP contribution in [0.3, 0.4) is 0 Å². The third-order valence-corrected chi connectivity index (χ3v) is 3.05. The van der Waals surface area contributed by atoms with Crippen LogP contribution in [0.5, 0.6) is 0 Å². The van der Waals surface area contributed by atoms with Gasteiger partial charge < -0.3 is 20.1 Å². The number of allylic oxidation sites excluding steroid dienone is 1. The van der Waals surface area contributed by atoms with E-state index in [0.717, 1.165) is 5.56 Å². The van der Waals surface area contributed by atoms with Crippen molar-refractivity contribution < 1.29 is 19.1 Å². The molecule has 1 aromatic rings. The zero-order chi connectivity index (χ0) is 15.2. The highest BCUT2D eigenvalue weighted by Crippen LogP contribution is 2.26. The molecule has 1 aromatic heterocycles. The van der Waals surface area contributed by atoms with Crippen molar-refractivity contribution in [2.75, 3.05) is 20.3 Å². The fourth-order valence-corrected chi connectivity index (χ4v) is 2.07. The third kappa shape index (κ3) is 3.57. The zero-order valence-electron chi connectivity index (χ0n) is 11.9. The number of nitrogens with one attached hydrogen (secondary N) is 2. The molecular weight excluding hydrogens is 274 g/mol. The Kier molecular flexibility index (Phi) is 4.89. The van der Waals surface area contributed by atoms with Crippen molar-refractivity contribution in [3.8, 4) is 0 Å². The second-order valence-corrected chi connectivity index (χ2v) is 4.48. The van der Waals surface area contributed by atoms with Gasteiger partial charge in [0.1, 0.15) is 6.61 Å². The molecule has 7 heteroatoms. The zero-order valence-corrected chi connectivity index (χ0v) is 11.9. The van der Waals surface area contributed by atoms with E-state index in [-0.39, 0.29) is 12.6 Å². The molecular formula is C14H17N3O4. The van der Waals surface area contributed by atoms with Crippen LogP contribution in [0, 0.1) is 0 Å². The lowest BCUT2D eigenvalue weighted by Crippen LogP contribution is -2.45. The summed E-state index contributed by atoms with van der Waals surface area (Å²) in [6.45, 7) is 2.14. The fourth-order valence-electron chi connectivity index (χ4n) is 2.07. The molecule has 2 amide bonds. The first kappa shape index (κ1) is 15.0. The van der Waals surface area contributed by atoms with Crippen LogP contribution in [0.15, 0.2) is 35.8 Å². The number of urea groups is 1. The number of carbonyl (C=O) groups is 2. The standard InChI is InChI=1S/C14H17N3O4/c1-9-11(13(18)21-8-7-20-2)12(17-14(19)16-9)10-3-5-15-6-4-10/h3-6,12H,7-8H2,1-2H3,(H2,16,17,19)/t12-/m0/s1. The second-order valence-electron chi connectivity index (χ2n) is 4.48. The fraction of sp³-hybridized carbons (Fsp3) is 0.357. The van der Waals surface area contributed by atoms with Crippen LogP contribution in [0.1, 0.15) is 18.5 Å². The van der Waals surface area contributed by atoms with Crippen LogP contribution in [-0.2, 0) is 14.3 Å². The van der Waals surface area contributed by atoms with Crippen molar-refractivity contribution in [1.82, 2.24) is 15.6 Å². The Morgan fingerprint density at radius 3 is 2.71 bits per heavy atom. The maximum atomic E-state index is 12.2. The van der Waals surface area contributed by atoms with Gasteiger partial charge >= 0.3 is 12.0 Å². The molecule has 0 fully saturated rings. The lowest BCUT2D eigenvalue weighted by molar-refractivity contribution is -0.140. The predicted octanol–water partition coefficient (Wildman–Crippen LogP) is 0.899. The molecule has 1 atom stereocenters. The van der Waals surface area contributed by atoms with E-state index in [9.17, 15) is 9.59 Å². The first-order chi connectivity index (χ1) is 10.1. The molecule has 112 valence electrons. The topological polar surface area (TPSA) is 89.5 Å². The minimum atomic E-state index is -0.559. The molecule has 21 heavy (non-hydrogen) atoms. The monoisotopic (exact) mass is 291 g/mol. The Balaban J connectivity index is 2.26. The van der Waals surface area contributed by atoms with E-state index in [1.807, 2.05) is 0 Å². The molecule has 0 aliphatic carbocycles. The number of amides is 2. The average Bonchev–Trinajstić information content (AvgIpc) is 2.47. The molecule has 0 saturated carbocycles. The number of rotatable bonds is 5. The normalized spacial score (nSPS) is 18.0. The lowest BCUT2D eigenvalue weighted by Gasteiger charge is -2.28. The van der Waals surface area contributed by atoms with E-state index in [1.54, 1.807) is 31.5 Å². The van der Waals surface area contributed by atoms with Crippen molar-refractivity contribution >= 4 is 12.0 Å². The molecule has 2 N–H and O–H groups in total. The minimum Gasteiger partial charge on any atom is -0.460 e. The summed E-state index contributed by atoms with van der Waals surface area (Å²) in [6, 6.07) is 2.57. The predicted molar refractivity (Wildman–Crippen MR) is 74.2 cm³/mol. The molecule has 2 rings (SSSR count). The van der Waals surface area contributed by atoms with Gasteiger partial charge in [0.2, 0.25) is 0 Å². The Bertz CT molecular complexity index is 557. The van der Waals surface area contributed by atoms with E-state index in [2.05, 4.69) is 15.6 Å². The van der Waals surface area contributed by atoms with E-state index in [1.165, 1.54) is 7.11 Å².